The Morgan fingerprint density at radius 3 is 2.65 bits per heavy atom. The number of hydrogen-bond acceptors (Lipinski definition) is 5. The lowest BCUT2D eigenvalue weighted by atomic mass is 9.93. The molecule has 2 aliphatic heterocycles. The number of cyclic esters (lactones) is 1. The minimum atomic E-state index is -0.359. The maximum atomic E-state index is 13.1. The fourth-order valence-corrected chi connectivity index (χ4v) is 3.99. The summed E-state index contributed by atoms with van der Waals surface area (Å²) in [7, 11) is 1.76. The molecule has 0 fully saturated rings. The third-order valence-electron chi connectivity index (χ3n) is 5.60. The number of fused-ring (bicyclic) bond motifs is 2. The second-order valence-electron chi connectivity index (χ2n) is 7.73. The van der Waals surface area contributed by atoms with Gasteiger partial charge in [-0.3, -0.25) is 4.79 Å². The van der Waals surface area contributed by atoms with E-state index in [1.165, 1.54) is 0 Å². The van der Waals surface area contributed by atoms with Gasteiger partial charge in [-0.1, -0.05) is 36.4 Å². The largest absolute Gasteiger partial charge is 0.454 e. The first-order chi connectivity index (χ1) is 15.1. The molecular formula is C25H21NO5. The highest BCUT2D eigenvalue weighted by Gasteiger charge is 2.28. The van der Waals surface area contributed by atoms with Crippen LogP contribution in [0.4, 0.5) is 0 Å². The predicted molar refractivity (Wildman–Crippen MR) is 113 cm³/mol. The Morgan fingerprint density at radius 1 is 1.00 bits per heavy atom. The van der Waals surface area contributed by atoms with Gasteiger partial charge >= 0.3 is 5.97 Å². The molecule has 0 saturated carbocycles. The SMILES string of the molecule is CN(Cc1ccc2c(c1)OCO2)C(=O)c1ccc2c(c1)CC(c1ccccc1)OC2=O. The third-order valence-corrected chi connectivity index (χ3v) is 5.60. The molecule has 5 rings (SSSR count). The Bertz CT molecular complexity index is 1160. The van der Waals surface area contributed by atoms with E-state index in [0.29, 0.717) is 35.6 Å². The molecule has 2 aliphatic rings. The van der Waals surface area contributed by atoms with Gasteiger partial charge in [-0.25, -0.2) is 4.79 Å². The number of rotatable bonds is 4. The number of amides is 1. The van der Waals surface area contributed by atoms with Gasteiger partial charge in [0, 0.05) is 25.6 Å². The quantitative estimate of drug-likeness (QED) is 0.599. The van der Waals surface area contributed by atoms with Crippen LogP contribution >= 0.6 is 0 Å². The zero-order chi connectivity index (χ0) is 21.4. The van der Waals surface area contributed by atoms with Gasteiger partial charge in [-0.05, 0) is 47.0 Å². The van der Waals surface area contributed by atoms with Gasteiger partial charge in [0.1, 0.15) is 6.10 Å². The molecule has 0 radical (unpaired) electrons. The lowest BCUT2D eigenvalue weighted by molar-refractivity contribution is 0.0252. The Morgan fingerprint density at radius 2 is 1.81 bits per heavy atom. The van der Waals surface area contributed by atoms with E-state index in [4.69, 9.17) is 14.2 Å². The smallest absolute Gasteiger partial charge is 0.339 e. The summed E-state index contributed by atoms with van der Waals surface area (Å²) in [6.07, 6.45) is 0.191. The maximum Gasteiger partial charge on any atom is 0.339 e. The molecule has 156 valence electrons. The second kappa shape index (κ2) is 7.80. The number of ether oxygens (including phenoxy) is 3. The van der Waals surface area contributed by atoms with E-state index in [2.05, 4.69) is 0 Å². The summed E-state index contributed by atoms with van der Waals surface area (Å²) in [5, 5.41) is 0. The van der Waals surface area contributed by atoms with Crippen molar-refractivity contribution in [3.63, 3.8) is 0 Å². The minimum Gasteiger partial charge on any atom is -0.454 e. The van der Waals surface area contributed by atoms with Gasteiger partial charge in [0.25, 0.3) is 5.91 Å². The number of benzene rings is 3. The summed E-state index contributed by atoms with van der Waals surface area (Å²) < 4.78 is 16.4. The molecule has 0 N–H and O–H groups in total. The predicted octanol–water partition coefficient (Wildman–Crippen LogP) is 4.14. The molecule has 2 heterocycles. The Balaban J connectivity index is 1.35. The highest BCUT2D eigenvalue weighted by Crippen LogP contribution is 2.33. The highest BCUT2D eigenvalue weighted by molar-refractivity contribution is 5.97. The van der Waals surface area contributed by atoms with Crippen LogP contribution in [0.5, 0.6) is 11.5 Å². The van der Waals surface area contributed by atoms with Crippen LogP contribution in [0.15, 0.2) is 66.7 Å². The van der Waals surface area contributed by atoms with Crippen molar-refractivity contribution in [3.05, 3.63) is 94.5 Å². The van der Waals surface area contributed by atoms with Crippen LogP contribution in [-0.4, -0.2) is 30.6 Å². The average molecular weight is 415 g/mol. The summed E-state index contributed by atoms with van der Waals surface area (Å²) in [4.78, 5) is 27.2. The molecule has 3 aromatic rings. The molecule has 3 aromatic carbocycles. The van der Waals surface area contributed by atoms with Crippen LogP contribution in [0.2, 0.25) is 0 Å². The zero-order valence-corrected chi connectivity index (χ0v) is 17.0. The van der Waals surface area contributed by atoms with E-state index >= 15 is 0 Å². The van der Waals surface area contributed by atoms with Crippen LogP contribution in [0.1, 0.15) is 43.5 Å². The van der Waals surface area contributed by atoms with Crippen molar-refractivity contribution in [2.45, 2.75) is 19.1 Å². The summed E-state index contributed by atoms with van der Waals surface area (Å²) in [5.41, 5.74) is 3.78. The molecule has 31 heavy (non-hydrogen) atoms. The van der Waals surface area contributed by atoms with Crippen molar-refractivity contribution in [3.8, 4) is 11.5 Å². The van der Waals surface area contributed by atoms with Crippen molar-refractivity contribution in [2.75, 3.05) is 13.8 Å². The summed E-state index contributed by atoms with van der Waals surface area (Å²) in [6.45, 7) is 0.649. The van der Waals surface area contributed by atoms with Crippen molar-refractivity contribution >= 4 is 11.9 Å². The normalized spacial score (nSPS) is 16.4. The van der Waals surface area contributed by atoms with Gasteiger partial charge in [0.2, 0.25) is 6.79 Å². The molecule has 6 nitrogen and oxygen atoms in total. The Labute approximate surface area is 180 Å². The number of nitrogens with zero attached hydrogens (tertiary/aromatic N) is 1. The number of esters is 1. The molecule has 0 spiro atoms. The first kappa shape index (κ1) is 19.2. The van der Waals surface area contributed by atoms with E-state index in [1.54, 1.807) is 24.1 Å². The highest BCUT2D eigenvalue weighted by atomic mass is 16.7. The molecule has 1 amide bonds. The monoisotopic (exact) mass is 415 g/mol. The summed E-state index contributed by atoms with van der Waals surface area (Å²) in [6, 6.07) is 20.5. The minimum absolute atomic E-state index is 0.115. The maximum absolute atomic E-state index is 13.1. The average Bonchev–Trinajstić information content (AvgIpc) is 3.26. The van der Waals surface area contributed by atoms with E-state index in [-0.39, 0.29) is 24.8 Å². The van der Waals surface area contributed by atoms with E-state index in [0.717, 1.165) is 16.7 Å². The van der Waals surface area contributed by atoms with E-state index < -0.39 is 0 Å². The molecule has 1 unspecified atom stereocenters. The lowest BCUT2D eigenvalue weighted by Gasteiger charge is -2.26. The fraction of sp³-hybridized carbons (Fsp3) is 0.200. The second-order valence-corrected chi connectivity index (χ2v) is 7.73. The van der Waals surface area contributed by atoms with Crippen LogP contribution in [0, 0.1) is 0 Å². The molecule has 0 bridgehead atoms. The number of carbonyl (C=O) groups is 2. The Kier molecular flexibility index (Phi) is 4.82. The van der Waals surface area contributed by atoms with Crippen molar-refractivity contribution < 1.29 is 23.8 Å². The third kappa shape index (κ3) is 3.72. The molecule has 1 atom stereocenters. The molecule has 0 aliphatic carbocycles. The molecule has 0 saturated heterocycles. The van der Waals surface area contributed by atoms with Crippen LogP contribution in [0.3, 0.4) is 0 Å². The Hall–Kier alpha value is -3.80. The van der Waals surface area contributed by atoms with Crippen molar-refractivity contribution in [1.29, 1.82) is 0 Å². The van der Waals surface area contributed by atoms with E-state index in [9.17, 15) is 9.59 Å². The van der Waals surface area contributed by atoms with Gasteiger partial charge < -0.3 is 19.1 Å². The van der Waals surface area contributed by atoms with Gasteiger partial charge in [-0.15, -0.1) is 0 Å². The standard InChI is InChI=1S/C25H21NO5/c1-26(14-16-7-10-21-23(11-16)30-15-29-21)24(27)18-8-9-20-19(12-18)13-22(31-25(20)28)17-5-3-2-4-6-17/h2-12,22H,13-15H2,1H3. The first-order valence-electron chi connectivity index (χ1n) is 10.1. The van der Waals surface area contributed by atoms with Crippen LogP contribution in [-0.2, 0) is 17.7 Å². The van der Waals surface area contributed by atoms with Crippen molar-refractivity contribution in [2.24, 2.45) is 0 Å². The summed E-state index contributed by atoms with van der Waals surface area (Å²) in [5.74, 6) is 0.934. The molecular weight excluding hydrogens is 394 g/mol. The van der Waals surface area contributed by atoms with Gasteiger partial charge in [0.05, 0.1) is 5.56 Å². The topological polar surface area (TPSA) is 65.1 Å². The van der Waals surface area contributed by atoms with Gasteiger partial charge in [-0.2, -0.15) is 0 Å². The van der Waals surface area contributed by atoms with Crippen molar-refractivity contribution in [1.82, 2.24) is 4.90 Å². The zero-order valence-electron chi connectivity index (χ0n) is 17.0. The molecule has 0 aromatic heterocycles. The number of hydrogen-bond donors (Lipinski definition) is 0. The molecule has 6 heteroatoms. The first-order valence-corrected chi connectivity index (χ1v) is 10.1. The lowest BCUT2D eigenvalue weighted by Crippen LogP contribution is -2.27. The van der Waals surface area contributed by atoms with Crippen LogP contribution < -0.4 is 9.47 Å². The van der Waals surface area contributed by atoms with Crippen LogP contribution in [0.25, 0.3) is 0 Å². The fourth-order valence-electron chi connectivity index (χ4n) is 3.99. The number of carbonyl (C=O) groups excluding carboxylic acids is 2. The summed E-state index contributed by atoms with van der Waals surface area (Å²) >= 11 is 0. The van der Waals surface area contributed by atoms with E-state index in [1.807, 2.05) is 54.6 Å². The van der Waals surface area contributed by atoms with Gasteiger partial charge in [0.15, 0.2) is 11.5 Å².